The standard InChI is InChI=1S/C10H16N5O12P3/c11-8-7-9(13-3-12-8)15(4-14-7)10-6(16)1-5(25-10)2-24-29(20,21)27-30(22,23)26-28(17,18)19/h3-6,10,16H,1-2H2,(H,20,21)(H,22,23)(H2,11,12,13)(H2,17,18,19)/t5-,6?,10+/m0/s1. The number of phosphoric acid groups is 3. The zero-order valence-corrected chi connectivity index (χ0v) is 17.3. The second kappa shape index (κ2) is 8.31. The van der Waals surface area contributed by atoms with E-state index in [-0.39, 0.29) is 23.4 Å². The summed E-state index contributed by atoms with van der Waals surface area (Å²) >= 11 is 0. The number of nitrogens with zero attached hydrogens (tertiary/aromatic N) is 4. The van der Waals surface area contributed by atoms with Crippen LogP contribution in [0.2, 0.25) is 0 Å². The van der Waals surface area contributed by atoms with E-state index in [4.69, 9.17) is 25.2 Å². The number of nitrogens with two attached hydrogens (primary N) is 1. The van der Waals surface area contributed by atoms with Gasteiger partial charge in [-0.2, -0.15) is 8.62 Å². The second-order valence-electron chi connectivity index (χ2n) is 5.92. The molecule has 0 radical (unpaired) electrons. The molecule has 0 amide bonds. The van der Waals surface area contributed by atoms with Crippen LogP contribution >= 0.6 is 23.5 Å². The van der Waals surface area contributed by atoms with Crippen LogP contribution in [0, 0.1) is 0 Å². The van der Waals surface area contributed by atoms with Crippen LogP contribution in [-0.2, 0) is 31.6 Å². The summed E-state index contributed by atoms with van der Waals surface area (Å²) in [5.74, 6) is 0.107. The fourth-order valence-corrected chi connectivity index (χ4v) is 5.67. The summed E-state index contributed by atoms with van der Waals surface area (Å²) in [4.78, 5) is 47.4. The molecule has 1 saturated heterocycles. The molecule has 20 heteroatoms. The van der Waals surface area contributed by atoms with Gasteiger partial charge in [-0.05, 0) is 0 Å². The molecule has 3 rings (SSSR count). The van der Waals surface area contributed by atoms with E-state index < -0.39 is 48.5 Å². The lowest BCUT2D eigenvalue weighted by Crippen LogP contribution is -2.19. The Morgan fingerprint density at radius 1 is 1.13 bits per heavy atom. The molecule has 3 heterocycles. The average molecular weight is 491 g/mol. The quantitative estimate of drug-likeness (QED) is 0.252. The maximum atomic E-state index is 11.8. The molecule has 17 nitrogen and oxygen atoms in total. The Morgan fingerprint density at radius 2 is 1.83 bits per heavy atom. The molecule has 0 aromatic carbocycles. The van der Waals surface area contributed by atoms with Gasteiger partial charge < -0.3 is 35.2 Å². The molecule has 168 valence electrons. The highest BCUT2D eigenvalue weighted by molar-refractivity contribution is 7.66. The van der Waals surface area contributed by atoms with Crippen molar-refractivity contribution in [2.75, 3.05) is 12.3 Å². The molecule has 5 atom stereocenters. The summed E-state index contributed by atoms with van der Waals surface area (Å²) in [7, 11) is -16.4. The highest BCUT2D eigenvalue weighted by Crippen LogP contribution is 2.66. The summed E-state index contributed by atoms with van der Waals surface area (Å²) in [6.45, 7) is -0.693. The van der Waals surface area contributed by atoms with Crippen molar-refractivity contribution in [3.8, 4) is 0 Å². The van der Waals surface area contributed by atoms with E-state index in [0.717, 1.165) is 0 Å². The second-order valence-corrected chi connectivity index (χ2v) is 10.3. The number of rotatable bonds is 8. The Balaban J connectivity index is 1.63. The van der Waals surface area contributed by atoms with Crippen LogP contribution in [0.25, 0.3) is 11.2 Å². The van der Waals surface area contributed by atoms with Gasteiger partial charge in [0.2, 0.25) is 0 Å². The Kier molecular flexibility index (Phi) is 6.47. The predicted molar refractivity (Wildman–Crippen MR) is 94.1 cm³/mol. The van der Waals surface area contributed by atoms with E-state index >= 15 is 0 Å². The van der Waals surface area contributed by atoms with Gasteiger partial charge in [0, 0.05) is 6.42 Å². The van der Waals surface area contributed by atoms with Gasteiger partial charge in [-0.15, -0.1) is 0 Å². The lowest BCUT2D eigenvalue weighted by atomic mass is 10.2. The van der Waals surface area contributed by atoms with E-state index in [9.17, 15) is 23.7 Å². The van der Waals surface area contributed by atoms with Gasteiger partial charge in [0.25, 0.3) is 0 Å². The molecule has 0 saturated carbocycles. The number of hydrogen-bond donors (Lipinski definition) is 6. The highest BCUT2D eigenvalue weighted by atomic mass is 31.3. The Labute approximate surface area is 166 Å². The van der Waals surface area contributed by atoms with Crippen molar-refractivity contribution in [2.45, 2.75) is 24.9 Å². The first-order valence-corrected chi connectivity index (χ1v) is 12.3. The minimum Gasteiger partial charge on any atom is -0.388 e. The van der Waals surface area contributed by atoms with E-state index in [0.29, 0.717) is 0 Å². The van der Waals surface area contributed by atoms with Crippen LogP contribution in [0.15, 0.2) is 12.7 Å². The molecule has 1 fully saturated rings. The van der Waals surface area contributed by atoms with Crippen LogP contribution in [0.1, 0.15) is 12.6 Å². The lowest BCUT2D eigenvalue weighted by molar-refractivity contribution is -0.0481. The van der Waals surface area contributed by atoms with Crippen molar-refractivity contribution >= 4 is 40.4 Å². The van der Waals surface area contributed by atoms with Gasteiger partial charge in [0.05, 0.1) is 19.0 Å². The van der Waals surface area contributed by atoms with Crippen molar-refractivity contribution in [1.29, 1.82) is 0 Å². The van der Waals surface area contributed by atoms with Crippen molar-refractivity contribution < 1.29 is 56.3 Å². The third-order valence-electron chi connectivity index (χ3n) is 3.67. The summed E-state index contributed by atoms with van der Waals surface area (Å²) in [5, 5.41) is 10.2. The number of phosphoric ester groups is 1. The van der Waals surface area contributed by atoms with Crippen LogP contribution in [0.5, 0.6) is 0 Å². The molecule has 0 spiro atoms. The molecule has 0 bridgehead atoms. The summed E-state index contributed by atoms with van der Waals surface area (Å²) in [5.41, 5.74) is 6.22. The molecular formula is C10H16N5O12P3. The SMILES string of the molecule is Nc1ncnc2c1ncn2[C@@H]1O[C@H](COP(=O)(O)OP(=O)(O)OP(=O)(O)O)CC1O. The molecule has 1 aliphatic rings. The van der Waals surface area contributed by atoms with Crippen LogP contribution in [0.3, 0.4) is 0 Å². The van der Waals surface area contributed by atoms with Gasteiger partial charge in [-0.3, -0.25) is 9.09 Å². The maximum Gasteiger partial charge on any atom is 0.490 e. The third-order valence-corrected chi connectivity index (χ3v) is 7.47. The highest BCUT2D eigenvalue weighted by Gasteiger charge is 2.42. The minimum atomic E-state index is -5.62. The Hall–Kier alpha value is -1.32. The summed E-state index contributed by atoms with van der Waals surface area (Å²) < 4.78 is 52.3. The zero-order valence-electron chi connectivity index (χ0n) is 14.6. The van der Waals surface area contributed by atoms with Gasteiger partial charge >= 0.3 is 23.5 Å². The first kappa shape index (κ1) is 23.3. The smallest absolute Gasteiger partial charge is 0.388 e. The first-order valence-electron chi connectivity index (χ1n) is 7.81. The minimum absolute atomic E-state index is 0.0827. The molecule has 1 aliphatic heterocycles. The molecule has 3 unspecified atom stereocenters. The normalized spacial score (nSPS) is 26.5. The number of imidazole rings is 1. The number of ether oxygens (including phenoxy) is 1. The predicted octanol–water partition coefficient (Wildman–Crippen LogP) is -0.600. The molecular weight excluding hydrogens is 475 g/mol. The van der Waals surface area contributed by atoms with E-state index in [2.05, 4.69) is 28.1 Å². The number of nitrogen functional groups attached to an aromatic ring is 1. The third kappa shape index (κ3) is 5.68. The lowest BCUT2D eigenvalue weighted by Gasteiger charge is -2.18. The largest absolute Gasteiger partial charge is 0.490 e. The van der Waals surface area contributed by atoms with Crippen LogP contribution in [0.4, 0.5) is 5.82 Å². The van der Waals surface area contributed by atoms with E-state index in [1.54, 1.807) is 0 Å². The first-order chi connectivity index (χ1) is 13.8. The van der Waals surface area contributed by atoms with Crippen LogP contribution < -0.4 is 5.73 Å². The Morgan fingerprint density at radius 3 is 2.50 bits per heavy atom. The number of fused-ring (bicyclic) bond motifs is 1. The monoisotopic (exact) mass is 491 g/mol. The van der Waals surface area contributed by atoms with Gasteiger partial charge in [0.1, 0.15) is 17.9 Å². The van der Waals surface area contributed by atoms with Crippen molar-refractivity contribution in [3.05, 3.63) is 12.7 Å². The number of hydrogen-bond acceptors (Lipinski definition) is 12. The van der Waals surface area contributed by atoms with E-state index in [1.807, 2.05) is 0 Å². The fraction of sp³-hybridized carbons (Fsp3) is 0.500. The molecule has 2 aromatic rings. The van der Waals surface area contributed by atoms with E-state index in [1.165, 1.54) is 17.2 Å². The topological polar surface area (TPSA) is 259 Å². The maximum absolute atomic E-state index is 11.8. The van der Waals surface area contributed by atoms with Crippen LogP contribution in [-0.4, -0.2) is 63.0 Å². The average Bonchev–Trinajstić information content (AvgIpc) is 3.13. The number of aromatic nitrogens is 4. The van der Waals surface area contributed by atoms with Crippen molar-refractivity contribution in [1.82, 2.24) is 19.5 Å². The fourth-order valence-electron chi connectivity index (χ4n) is 2.62. The van der Waals surface area contributed by atoms with Crippen molar-refractivity contribution in [2.24, 2.45) is 0 Å². The molecule has 30 heavy (non-hydrogen) atoms. The molecule has 7 N–H and O–H groups in total. The number of aliphatic hydroxyl groups is 1. The van der Waals surface area contributed by atoms with Crippen molar-refractivity contribution in [3.63, 3.8) is 0 Å². The Bertz CT molecular complexity index is 1070. The summed E-state index contributed by atoms with van der Waals surface area (Å²) in [6.07, 6.45) is -0.711. The van der Waals surface area contributed by atoms with Gasteiger partial charge in [0.15, 0.2) is 17.7 Å². The number of anilines is 1. The summed E-state index contributed by atoms with van der Waals surface area (Å²) in [6, 6.07) is 0. The number of aliphatic hydroxyl groups excluding tert-OH is 1. The van der Waals surface area contributed by atoms with Gasteiger partial charge in [-0.25, -0.2) is 28.6 Å². The van der Waals surface area contributed by atoms with Gasteiger partial charge in [-0.1, -0.05) is 0 Å². The zero-order chi connectivity index (χ0) is 22.3. The molecule has 0 aliphatic carbocycles. The molecule has 2 aromatic heterocycles.